The number of aromatic nitrogens is 3. The van der Waals surface area contributed by atoms with E-state index in [9.17, 15) is 0 Å². The third kappa shape index (κ3) is 3.66. The van der Waals surface area contributed by atoms with Crippen LogP contribution in [0, 0.1) is 0 Å². The normalized spacial score (nSPS) is 19.5. The highest BCUT2D eigenvalue weighted by atomic mass is 16.5. The minimum absolute atomic E-state index is 0.190. The quantitative estimate of drug-likeness (QED) is 0.846. The Morgan fingerprint density at radius 1 is 1.37 bits per heavy atom. The molecule has 1 aromatic rings. The van der Waals surface area contributed by atoms with Crippen molar-refractivity contribution in [3.05, 3.63) is 0 Å². The number of morpholine rings is 1. The van der Waals surface area contributed by atoms with Gasteiger partial charge in [0.15, 0.2) is 0 Å². The lowest BCUT2D eigenvalue weighted by Gasteiger charge is -2.32. The summed E-state index contributed by atoms with van der Waals surface area (Å²) in [7, 11) is 0. The van der Waals surface area contributed by atoms with Gasteiger partial charge in [0.1, 0.15) is 0 Å². The SMILES string of the molecule is CCCOc1nc(N)nc(N2CCOC(CC)C2)n1. The van der Waals surface area contributed by atoms with Crippen molar-refractivity contribution in [1.29, 1.82) is 0 Å². The molecule has 1 aromatic heterocycles. The van der Waals surface area contributed by atoms with Crippen LogP contribution in [0.2, 0.25) is 0 Å². The van der Waals surface area contributed by atoms with Crippen molar-refractivity contribution in [2.24, 2.45) is 0 Å². The fourth-order valence-electron chi connectivity index (χ4n) is 1.91. The van der Waals surface area contributed by atoms with Crippen molar-refractivity contribution < 1.29 is 9.47 Å². The van der Waals surface area contributed by atoms with Gasteiger partial charge in [-0.2, -0.15) is 15.0 Å². The van der Waals surface area contributed by atoms with Gasteiger partial charge in [0.05, 0.1) is 19.3 Å². The standard InChI is InChI=1S/C12H21N5O2/c1-3-6-19-12-15-10(13)14-11(16-12)17-5-7-18-9(4-2)8-17/h9H,3-8H2,1-2H3,(H2,13,14,15,16). The molecule has 19 heavy (non-hydrogen) atoms. The average Bonchev–Trinajstić information content (AvgIpc) is 2.44. The highest BCUT2D eigenvalue weighted by molar-refractivity contribution is 5.36. The minimum Gasteiger partial charge on any atom is -0.463 e. The van der Waals surface area contributed by atoms with Gasteiger partial charge in [-0.25, -0.2) is 0 Å². The van der Waals surface area contributed by atoms with Crippen LogP contribution in [0.1, 0.15) is 26.7 Å². The van der Waals surface area contributed by atoms with Crippen LogP contribution >= 0.6 is 0 Å². The summed E-state index contributed by atoms with van der Waals surface area (Å²) in [5, 5.41) is 0. The lowest BCUT2D eigenvalue weighted by molar-refractivity contribution is 0.0378. The van der Waals surface area contributed by atoms with Crippen LogP contribution in [0.25, 0.3) is 0 Å². The summed E-state index contributed by atoms with van der Waals surface area (Å²) in [6, 6.07) is 0.295. The van der Waals surface area contributed by atoms with E-state index in [-0.39, 0.29) is 12.1 Å². The highest BCUT2D eigenvalue weighted by Crippen LogP contribution is 2.17. The molecule has 0 spiro atoms. The molecule has 0 amide bonds. The summed E-state index contributed by atoms with van der Waals surface area (Å²) >= 11 is 0. The first-order valence-corrected chi connectivity index (χ1v) is 6.73. The van der Waals surface area contributed by atoms with Crippen LogP contribution in [0.15, 0.2) is 0 Å². The van der Waals surface area contributed by atoms with Crippen LogP contribution in [0.4, 0.5) is 11.9 Å². The Morgan fingerprint density at radius 2 is 2.21 bits per heavy atom. The van der Waals surface area contributed by atoms with E-state index < -0.39 is 0 Å². The molecule has 1 atom stereocenters. The zero-order chi connectivity index (χ0) is 13.7. The van der Waals surface area contributed by atoms with Crippen molar-refractivity contribution in [2.75, 3.05) is 36.9 Å². The second kappa shape index (κ2) is 6.51. The Bertz CT molecular complexity index is 415. The van der Waals surface area contributed by atoms with Gasteiger partial charge < -0.3 is 20.1 Å². The number of ether oxygens (including phenoxy) is 2. The molecule has 0 aromatic carbocycles. The average molecular weight is 267 g/mol. The second-order valence-electron chi connectivity index (χ2n) is 4.47. The molecule has 7 nitrogen and oxygen atoms in total. The third-order valence-electron chi connectivity index (χ3n) is 2.93. The van der Waals surface area contributed by atoms with Gasteiger partial charge in [0.25, 0.3) is 0 Å². The van der Waals surface area contributed by atoms with Crippen LogP contribution in [0.3, 0.4) is 0 Å². The number of nitrogens with zero attached hydrogens (tertiary/aromatic N) is 4. The molecule has 7 heteroatoms. The van der Waals surface area contributed by atoms with E-state index in [0.717, 1.165) is 25.9 Å². The molecule has 2 N–H and O–H groups in total. The molecule has 1 fully saturated rings. The Balaban J connectivity index is 2.11. The Morgan fingerprint density at radius 3 is 2.95 bits per heavy atom. The highest BCUT2D eigenvalue weighted by Gasteiger charge is 2.22. The predicted molar refractivity (Wildman–Crippen MR) is 72.3 cm³/mol. The molecule has 0 bridgehead atoms. The summed E-state index contributed by atoms with van der Waals surface area (Å²) in [5.41, 5.74) is 5.70. The van der Waals surface area contributed by atoms with E-state index in [0.29, 0.717) is 25.2 Å². The lowest BCUT2D eigenvalue weighted by atomic mass is 10.2. The van der Waals surface area contributed by atoms with E-state index in [4.69, 9.17) is 15.2 Å². The molecular weight excluding hydrogens is 246 g/mol. The van der Waals surface area contributed by atoms with E-state index in [2.05, 4.69) is 26.8 Å². The minimum atomic E-state index is 0.190. The van der Waals surface area contributed by atoms with Gasteiger partial charge in [-0.15, -0.1) is 0 Å². The number of nitrogen functional groups attached to an aromatic ring is 1. The third-order valence-corrected chi connectivity index (χ3v) is 2.93. The maximum absolute atomic E-state index is 5.70. The molecule has 106 valence electrons. The fraction of sp³-hybridized carbons (Fsp3) is 0.750. The molecule has 0 saturated carbocycles. The summed E-state index contributed by atoms with van der Waals surface area (Å²) in [6.45, 7) is 6.91. The van der Waals surface area contributed by atoms with Crippen molar-refractivity contribution in [2.45, 2.75) is 32.8 Å². The maximum atomic E-state index is 5.70. The zero-order valence-electron chi connectivity index (χ0n) is 11.5. The first-order chi connectivity index (χ1) is 9.22. The van der Waals surface area contributed by atoms with Gasteiger partial charge in [-0.1, -0.05) is 13.8 Å². The molecular formula is C12H21N5O2. The topological polar surface area (TPSA) is 86.4 Å². The van der Waals surface area contributed by atoms with Crippen molar-refractivity contribution >= 4 is 11.9 Å². The molecule has 1 unspecified atom stereocenters. The fourth-order valence-corrected chi connectivity index (χ4v) is 1.91. The molecule has 0 aliphatic carbocycles. The first-order valence-electron chi connectivity index (χ1n) is 6.73. The Kier molecular flexibility index (Phi) is 4.73. The molecule has 2 rings (SSSR count). The monoisotopic (exact) mass is 267 g/mol. The predicted octanol–water partition coefficient (Wildman–Crippen LogP) is 0.858. The van der Waals surface area contributed by atoms with E-state index in [1.165, 1.54) is 0 Å². The van der Waals surface area contributed by atoms with Gasteiger partial charge >= 0.3 is 6.01 Å². The largest absolute Gasteiger partial charge is 0.463 e. The molecule has 2 heterocycles. The van der Waals surface area contributed by atoms with Crippen LogP contribution in [0.5, 0.6) is 6.01 Å². The van der Waals surface area contributed by atoms with Crippen molar-refractivity contribution in [3.63, 3.8) is 0 Å². The summed E-state index contributed by atoms with van der Waals surface area (Å²) in [6.07, 6.45) is 2.08. The molecule has 0 radical (unpaired) electrons. The van der Waals surface area contributed by atoms with Gasteiger partial charge in [-0.3, -0.25) is 0 Å². The van der Waals surface area contributed by atoms with E-state index in [1.807, 2.05) is 6.92 Å². The second-order valence-corrected chi connectivity index (χ2v) is 4.47. The Hall–Kier alpha value is -1.63. The number of nitrogens with two attached hydrogens (primary N) is 1. The first kappa shape index (κ1) is 13.8. The summed E-state index contributed by atoms with van der Waals surface area (Å²) in [5.74, 6) is 0.760. The number of rotatable bonds is 5. The maximum Gasteiger partial charge on any atom is 0.323 e. The van der Waals surface area contributed by atoms with Crippen molar-refractivity contribution in [1.82, 2.24) is 15.0 Å². The Labute approximate surface area is 113 Å². The van der Waals surface area contributed by atoms with Gasteiger partial charge in [-0.05, 0) is 12.8 Å². The lowest BCUT2D eigenvalue weighted by Crippen LogP contribution is -2.43. The number of anilines is 2. The molecule has 1 aliphatic rings. The van der Waals surface area contributed by atoms with Crippen LogP contribution in [-0.4, -0.2) is 47.4 Å². The molecule has 1 aliphatic heterocycles. The van der Waals surface area contributed by atoms with E-state index >= 15 is 0 Å². The zero-order valence-corrected chi connectivity index (χ0v) is 11.5. The van der Waals surface area contributed by atoms with Gasteiger partial charge in [0, 0.05) is 13.1 Å². The van der Waals surface area contributed by atoms with Crippen molar-refractivity contribution in [3.8, 4) is 6.01 Å². The molecule has 1 saturated heterocycles. The summed E-state index contributed by atoms with van der Waals surface area (Å²) < 4.78 is 11.0. The van der Waals surface area contributed by atoms with Crippen LogP contribution in [-0.2, 0) is 4.74 Å². The van der Waals surface area contributed by atoms with E-state index in [1.54, 1.807) is 0 Å². The van der Waals surface area contributed by atoms with Gasteiger partial charge in [0.2, 0.25) is 11.9 Å². The summed E-state index contributed by atoms with van der Waals surface area (Å²) in [4.78, 5) is 14.5. The number of hydrogen-bond acceptors (Lipinski definition) is 7. The smallest absolute Gasteiger partial charge is 0.323 e. The van der Waals surface area contributed by atoms with Crippen LogP contribution < -0.4 is 15.4 Å². The number of hydrogen-bond donors (Lipinski definition) is 1.